The zero-order valence-corrected chi connectivity index (χ0v) is 15.5. The van der Waals surface area contributed by atoms with E-state index in [0.29, 0.717) is 12.1 Å². The summed E-state index contributed by atoms with van der Waals surface area (Å²) in [6.45, 7) is 2.16. The number of nitrogens with one attached hydrogen (secondary N) is 2. The van der Waals surface area contributed by atoms with E-state index in [1.54, 1.807) is 6.26 Å². The molecule has 0 amide bonds. The summed E-state index contributed by atoms with van der Waals surface area (Å²) in [6, 6.07) is 4.82. The number of aliphatic imine (C=N–C) groups is 1. The normalized spacial score (nSPS) is 26.5. The summed E-state index contributed by atoms with van der Waals surface area (Å²) in [5, 5.41) is 7.31. The third-order valence-corrected chi connectivity index (χ3v) is 5.74. The van der Waals surface area contributed by atoms with Gasteiger partial charge >= 0.3 is 0 Å². The van der Waals surface area contributed by atoms with Crippen LogP contribution in [0.1, 0.15) is 57.1 Å². The van der Waals surface area contributed by atoms with Crippen molar-refractivity contribution >= 4 is 5.96 Å². The van der Waals surface area contributed by atoms with Crippen molar-refractivity contribution in [3.63, 3.8) is 0 Å². The molecule has 6 nitrogen and oxygen atoms in total. The monoisotopic (exact) mass is 361 g/mol. The minimum Gasteiger partial charge on any atom is -0.469 e. The van der Waals surface area contributed by atoms with Gasteiger partial charge in [0.25, 0.3) is 0 Å². The van der Waals surface area contributed by atoms with E-state index >= 15 is 0 Å². The molecular formula is C20H31N3O3. The molecule has 0 bridgehead atoms. The fourth-order valence-corrected chi connectivity index (χ4v) is 4.36. The first kappa shape index (κ1) is 17.9. The van der Waals surface area contributed by atoms with E-state index in [0.717, 1.165) is 57.2 Å². The summed E-state index contributed by atoms with van der Waals surface area (Å²) in [5.41, 5.74) is 0. The molecule has 2 heterocycles. The minimum absolute atomic E-state index is 0.345. The molecule has 1 aromatic heterocycles. The van der Waals surface area contributed by atoms with Gasteiger partial charge in [-0.05, 0) is 31.4 Å². The van der Waals surface area contributed by atoms with Crippen molar-refractivity contribution in [2.75, 3.05) is 19.8 Å². The van der Waals surface area contributed by atoms with Crippen molar-refractivity contribution in [2.45, 2.75) is 75.7 Å². The first-order valence-corrected chi connectivity index (χ1v) is 10.2. The van der Waals surface area contributed by atoms with E-state index in [2.05, 4.69) is 10.6 Å². The number of rotatable bonds is 5. The molecule has 4 rings (SSSR count). The van der Waals surface area contributed by atoms with Crippen molar-refractivity contribution in [3.8, 4) is 0 Å². The molecule has 144 valence electrons. The summed E-state index contributed by atoms with van der Waals surface area (Å²) in [6.07, 6.45) is 11.9. The predicted molar refractivity (Wildman–Crippen MR) is 100 cm³/mol. The van der Waals surface area contributed by atoms with Gasteiger partial charge in [-0.15, -0.1) is 0 Å². The van der Waals surface area contributed by atoms with Crippen molar-refractivity contribution in [1.82, 2.24) is 10.6 Å². The van der Waals surface area contributed by atoms with Crippen LogP contribution in [0, 0.1) is 0 Å². The Morgan fingerprint density at radius 1 is 1.08 bits per heavy atom. The van der Waals surface area contributed by atoms with Gasteiger partial charge in [0, 0.05) is 37.9 Å². The van der Waals surface area contributed by atoms with Gasteiger partial charge in [-0.1, -0.05) is 19.3 Å². The largest absolute Gasteiger partial charge is 0.469 e. The first-order valence-electron chi connectivity index (χ1n) is 10.2. The third kappa shape index (κ3) is 4.60. The Balaban J connectivity index is 1.34. The number of nitrogens with zero attached hydrogens (tertiary/aromatic N) is 1. The van der Waals surface area contributed by atoms with Gasteiger partial charge in [0.15, 0.2) is 11.7 Å². The average Bonchev–Trinajstić information content (AvgIpc) is 3.40. The lowest BCUT2D eigenvalue weighted by Gasteiger charge is -2.27. The molecule has 2 N–H and O–H groups in total. The number of furan rings is 1. The Bertz CT molecular complexity index is 575. The zero-order valence-electron chi connectivity index (χ0n) is 15.5. The lowest BCUT2D eigenvalue weighted by Crippen LogP contribution is -2.48. The van der Waals surface area contributed by atoms with Crippen molar-refractivity contribution < 1.29 is 13.9 Å². The number of hydrogen-bond donors (Lipinski definition) is 2. The summed E-state index contributed by atoms with van der Waals surface area (Å²) in [4.78, 5) is 4.82. The van der Waals surface area contributed by atoms with Crippen LogP contribution >= 0.6 is 0 Å². The van der Waals surface area contributed by atoms with Crippen LogP contribution < -0.4 is 10.6 Å². The molecule has 1 spiro atoms. The summed E-state index contributed by atoms with van der Waals surface area (Å²) < 4.78 is 17.1. The SMILES string of the molecule is c1coc(CCN=C(NC2CCCCC2)NC2CCC3(C2)OCCO3)c1. The lowest BCUT2D eigenvalue weighted by molar-refractivity contribution is -0.151. The second kappa shape index (κ2) is 8.44. The van der Waals surface area contributed by atoms with E-state index in [4.69, 9.17) is 18.9 Å². The third-order valence-electron chi connectivity index (χ3n) is 5.74. The maximum atomic E-state index is 5.86. The van der Waals surface area contributed by atoms with Crippen LogP contribution in [0.4, 0.5) is 0 Å². The fraction of sp³-hybridized carbons (Fsp3) is 0.750. The molecule has 2 saturated carbocycles. The molecule has 1 saturated heterocycles. The average molecular weight is 361 g/mol. The van der Waals surface area contributed by atoms with Crippen molar-refractivity contribution in [1.29, 1.82) is 0 Å². The summed E-state index contributed by atoms with van der Waals surface area (Å²) in [7, 11) is 0. The van der Waals surface area contributed by atoms with Crippen LogP contribution in [0.2, 0.25) is 0 Å². The summed E-state index contributed by atoms with van der Waals surface area (Å²) >= 11 is 0. The highest BCUT2D eigenvalue weighted by Gasteiger charge is 2.44. The molecule has 6 heteroatoms. The molecule has 1 unspecified atom stereocenters. The van der Waals surface area contributed by atoms with Gasteiger partial charge in [-0.3, -0.25) is 4.99 Å². The second-order valence-electron chi connectivity index (χ2n) is 7.73. The maximum absolute atomic E-state index is 5.86. The highest BCUT2D eigenvalue weighted by Crippen LogP contribution is 2.37. The number of guanidine groups is 1. The molecule has 0 radical (unpaired) electrons. The predicted octanol–water partition coefficient (Wildman–Crippen LogP) is 2.99. The molecule has 3 aliphatic rings. The van der Waals surface area contributed by atoms with Gasteiger partial charge in [0.1, 0.15) is 5.76 Å². The maximum Gasteiger partial charge on any atom is 0.191 e. The molecule has 1 atom stereocenters. The van der Waals surface area contributed by atoms with Crippen LogP contribution in [0.3, 0.4) is 0 Å². The van der Waals surface area contributed by atoms with E-state index in [1.165, 1.54) is 32.1 Å². The van der Waals surface area contributed by atoms with Gasteiger partial charge in [0.05, 0.1) is 19.5 Å². The first-order chi connectivity index (χ1) is 12.8. The topological polar surface area (TPSA) is 68.0 Å². The molecular weight excluding hydrogens is 330 g/mol. The van der Waals surface area contributed by atoms with Gasteiger partial charge in [-0.25, -0.2) is 0 Å². The molecule has 3 fully saturated rings. The van der Waals surface area contributed by atoms with Crippen LogP contribution in [0.25, 0.3) is 0 Å². The Labute approximate surface area is 155 Å². The Kier molecular flexibility index (Phi) is 5.80. The van der Waals surface area contributed by atoms with Crippen LogP contribution in [-0.2, 0) is 15.9 Å². The fourth-order valence-electron chi connectivity index (χ4n) is 4.36. The lowest BCUT2D eigenvalue weighted by atomic mass is 9.96. The molecule has 26 heavy (non-hydrogen) atoms. The van der Waals surface area contributed by atoms with Gasteiger partial charge in [0.2, 0.25) is 0 Å². The molecule has 2 aliphatic carbocycles. The molecule has 1 aromatic rings. The Hall–Kier alpha value is -1.53. The van der Waals surface area contributed by atoms with Crippen molar-refractivity contribution in [3.05, 3.63) is 24.2 Å². The van der Waals surface area contributed by atoms with E-state index < -0.39 is 0 Å². The number of ether oxygens (including phenoxy) is 2. The summed E-state index contributed by atoms with van der Waals surface area (Å²) in [5.74, 6) is 1.57. The minimum atomic E-state index is -0.345. The highest BCUT2D eigenvalue weighted by atomic mass is 16.7. The van der Waals surface area contributed by atoms with Gasteiger partial charge < -0.3 is 24.5 Å². The van der Waals surface area contributed by atoms with Crippen LogP contribution in [0.15, 0.2) is 27.8 Å². The smallest absolute Gasteiger partial charge is 0.191 e. The quantitative estimate of drug-likeness (QED) is 0.623. The second-order valence-corrected chi connectivity index (χ2v) is 7.73. The Morgan fingerprint density at radius 2 is 1.88 bits per heavy atom. The standard InChI is InChI=1S/C20H31N3O3/c1-2-5-16(6-3-1)22-19(21-11-9-18-7-4-12-24-18)23-17-8-10-20(15-17)25-13-14-26-20/h4,7,12,16-17H,1-3,5-6,8-11,13-15H2,(H2,21,22,23). The van der Waals surface area contributed by atoms with E-state index in [1.807, 2.05) is 12.1 Å². The number of hydrogen-bond acceptors (Lipinski definition) is 4. The van der Waals surface area contributed by atoms with E-state index in [9.17, 15) is 0 Å². The van der Waals surface area contributed by atoms with Gasteiger partial charge in [-0.2, -0.15) is 0 Å². The highest BCUT2D eigenvalue weighted by molar-refractivity contribution is 5.80. The van der Waals surface area contributed by atoms with Crippen LogP contribution in [-0.4, -0.2) is 43.6 Å². The Morgan fingerprint density at radius 3 is 2.65 bits per heavy atom. The molecule has 1 aliphatic heterocycles. The van der Waals surface area contributed by atoms with Crippen molar-refractivity contribution in [2.24, 2.45) is 4.99 Å². The molecule has 0 aromatic carbocycles. The van der Waals surface area contributed by atoms with Crippen LogP contribution in [0.5, 0.6) is 0 Å². The zero-order chi connectivity index (χ0) is 17.7. The van der Waals surface area contributed by atoms with E-state index in [-0.39, 0.29) is 5.79 Å².